The first-order chi connectivity index (χ1) is 11.1. The predicted molar refractivity (Wildman–Crippen MR) is 82.3 cm³/mol. The van der Waals surface area contributed by atoms with Gasteiger partial charge in [-0.05, 0) is 6.07 Å². The van der Waals surface area contributed by atoms with Gasteiger partial charge in [0.15, 0.2) is 0 Å². The Balaban J connectivity index is 1.92. The van der Waals surface area contributed by atoms with Gasteiger partial charge in [0.2, 0.25) is 0 Å². The van der Waals surface area contributed by atoms with Crippen molar-refractivity contribution in [3.8, 4) is 0 Å². The third kappa shape index (κ3) is 3.08. The minimum absolute atomic E-state index is 0.0528. The molecule has 1 aliphatic heterocycles. The molecule has 1 unspecified atom stereocenters. The Kier molecular flexibility index (Phi) is 4.35. The highest BCUT2D eigenvalue weighted by Crippen LogP contribution is 2.28. The van der Waals surface area contributed by atoms with Crippen LogP contribution < -0.4 is 5.32 Å². The van der Waals surface area contributed by atoms with Crippen LogP contribution in [0.3, 0.4) is 0 Å². The number of nitro benzene ring substituents is 1. The van der Waals surface area contributed by atoms with Crippen molar-refractivity contribution >= 4 is 5.69 Å². The number of benzene rings is 1. The molecule has 2 heterocycles. The van der Waals surface area contributed by atoms with E-state index in [1.165, 1.54) is 18.2 Å². The molecule has 0 spiro atoms. The van der Waals surface area contributed by atoms with Gasteiger partial charge in [0, 0.05) is 51.7 Å². The van der Waals surface area contributed by atoms with Gasteiger partial charge in [-0.15, -0.1) is 0 Å². The van der Waals surface area contributed by atoms with Gasteiger partial charge in [-0.25, -0.2) is 9.37 Å². The highest BCUT2D eigenvalue weighted by molar-refractivity contribution is 5.41. The average molecular weight is 319 g/mol. The van der Waals surface area contributed by atoms with Crippen LogP contribution >= 0.6 is 0 Å². The van der Waals surface area contributed by atoms with Crippen molar-refractivity contribution in [3.05, 3.63) is 57.9 Å². The molecule has 0 amide bonds. The van der Waals surface area contributed by atoms with Crippen molar-refractivity contribution in [2.45, 2.75) is 12.6 Å². The number of nitro groups is 1. The second-order valence-electron chi connectivity index (χ2n) is 5.58. The van der Waals surface area contributed by atoms with Crippen LogP contribution in [0.4, 0.5) is 10.1 Å². The zero-order valence-electron chi connectivity index (χ0n) is 12.8. The molecule has 7 nitrogen and oxygen atoms in total. The van der Waals surface area contributed by atoms with Crippen LogP contribution in [-0.2, 0) is 13.6 Å². The number of nitrogens with zero attached hydrogens (tertiary/aromatic N) is 4. The number of imidazole rings is 1. The predicted octanol–water partition coefficient (Wildman–Crippen LogP) is 1.61. The summed E-state index contributed by atoms with van der Waals surface area (Å²) < 4.78 is 16.1. The van der Waals surface area contributed by atoms with Crippen LogP contribution in [0.1, 0.15) is 17.4 Å². The molecule has 1 aromatic heterocycles. The molecule has 122 valence electrons. The number of aryl methyl sites for hydroxylation is 1. The van der Waals surface area contributed by atoms with Crippen molar-refractivity contribution < 1.29 is 9.31 Å². The van der Waals surface area contributed by atoms with Crippen LogP contribution in [0, 0.1) is 15.9 Å². The number of hydrogen-bond acceptors (Lipinski definition) is 5. The summed E-state index contributed by atoms with van der Waals surface area (Å²) in [6, 6.07) is 3.92. The van der Waals surface area contributed by atoms with Gasteiger partial charge in [-0.2, -0.15) is 0 Å². The van der Waals surface area contributed by atoms with Gasteiger partial charge in [-0.1, -0.05) is 6.07 Å². The van der Waals surface area contributed by atoms with E-state index in [0.717, 1.165) is 12.4 Å². The molecule has 1 atom stereocenters. The zero-order valence-corrected chi connectivity index (χ0v) is 12.8. The van der Waals surface area contributed by atoms with E-state index in [1.54, 1.807) is 6.20 Å². The van der Waals surface area contributed by atoms with Gasteiger partial charge < -0.3 is 9.88 Å². The highest BCUT2D eigenvalue weighted by Gasteiger charge is 2.29. The Hall–Kier alpha value is -2.32. The van der Waals surface area contributed by atoms with Crippen LogP contribution in [-0.4, -0.2) is 39.0 Å². The zero-order chi connectivity index (χ0) is 16.4. The van der Waals surface area contributed by atoms with E-state index in [1.807, 2.05) is 22.7 Å². The summed E-state index contributed by atoms with van der Waals surface area (Å²) >= 11 is 0. The molecule has 1 saturated heterocycles. The maximum Gasteiger partial charge on any atom is 0.276 e. The smallest absolute Gasteiger partial charge is 0.276 e. The Morgan fingerprint density at radius 3 is 3.04 bits per heavy atom. The second kappa shape index (κ2) is 6.43. The minimum atomic E-state index is -0.545. The van der Waals surface area contributed by atoms with Crippen molar-refractivity contribution in [1.29, 1.82) is 0 Å². The van der Waals surface area contributed by atoms with Crippen molar-refractivity contribution in [3.63, 3.8) is 0 Å². The summed E-state index contributed by atoms with van der Waals surface area (Å²) in [6.07, 6.45) is 3.57. The minimum Gasteiger partial charge on any atom is -0.337 e. The van der Waals surface area contributed by atoms with E-state index in [2.05, 4.69) is 10.3 Å². The van der Waals surface area contributed by atoms with Gasteiger partial charge in [0.1, 0.15) is 11.6 Å². The summed E-state index contributed by atoms with van der Waals surface area (Å²) in [7, 11) is 1.90. The lowest BCUT2D eigenvalue weighted by Gasteiger charge is -2.35. The first kappa shape index (κ1) is 15.6. The Labute approximate surface area is 132 Å². The van der Waals surface area contributed by atoms with Crippen LogP contribution in [0.15, 0.2) is 30.6 Å². The van der Waals surface area contributed by atoms with Crippen LogP contribution in [0.2, 0.25) is 0 Å². The first-order valence-corrected chi connectivity index (χ1v) is 7.41. The molecular formula is C15H18FN5O2. The fraction of sp³-hybridized carbons (Fsp3) is 0.400. The lowest BCUT2D eigenvalue weighted by atomic mass is 10.1. The number of piperazine rings is 1. The van der Waals surface area contributed by atoms with Crippen molar-refractivity contribution in [2.24, 2.45) is 7.05 Å². The largest absolute Gasteiger partial charge is 0.337 e. The molecule has 0 saturated carbocycles. The average Bonchev–Trinajstić information content (AvgIpc) is 2.95. The molecule has 0 radical (unpaired) electrons. The Morgan fingerprint density at radius 2 is 2.35 bits per heavy atom. The lowest BCUT2D eigenvalue weighted by molar-refractivity contribution is -0.386. The summed E-state index contributed by atoms with van der Waals surface area (Å²) in [5.41, 5.74) is -0.0549. The number of nitrogens with one attached hydrogen (secondary N) is 1. The van der Waals surface area contributed by atoms with Gasteiger partial charge in [0.05, 0.1) is 16.5 Å². The number of aromatic nitrogens is 2. The molecule has 1 aliphatic rings. The van der Waals surface area contributed by atoms with Crippen molar-refractivity contribution in [1.82, 2.24) is 19.8 Å². The number of hydrogen-bond donors (Lipinski definition) is 1. The first-order valence-electron chi connectivity index (χ1n) is 7.41. The molecular weight excluding hydrogens is 301 g/mol. The second-order valence-corrected chi connectivity index (χ2v) is 5.58. The fourth-order valence-electron chi connectivity index (χ4n) is 2.97. The Bertz CT molecular complexity index is 718. The summed E-state index contributed by atoms with van der Waals surface area (Å²) in [6.45, 7) is 2.28. The molecule has 8 heteroatoms. The number of halogens is 1. The molecule has 0 bridgehead atoms. The summed E-state index contributed by atoms with van der Waals surface area (Å²) in [5.74, 6) is 0.313. The molecule has 2 aromatic rings. The maximum absolute atomic E-state index is 14.1. The van der Waals surface area contributed by atoms with Crippen molar-refractivity contribution in [2.75, 3.05) is 19.6 Å². The van der Waals surface area contributed by atoms with E-state index in [4.69, 9.17) is 0 Å². The third-order valence-corrected chi connectivity index (χ3v) is 4.16. The molecule has 23 heavy (non-hydrogen) atoms. The lowest BCUT2D eigenvalue weighted by Crippen LogP contribution is -2.46. The van der Waals surface area contributed by atoms with E-state index in [9.17, 15) is 14.5 Å². The highest BCUT2D eigenvalue weighted by atomic mass is 19.1. The van der Waals surface area contributed by atoms with E-state index >= 15 is 0 Å². The van der Waals surface area contributed by atoms with E-state index < -0.39 is 10.7 Å². The van der Waals surface area contributed by atoms with Crippen LogP contribution in [0.25, 0.3) is 0 Å². The fourth-order valence-corrected chi connectivity index (χ4v) is 2.97. The molecule has 1 N–H and O–H groups in total. The summed E-state index contributed by atoms with van der Waals surface area (Å²) in [4.78, 5) is 17.0. The SMILES string of the molecule is Cn1ccnc1C1CNCCN1Cc1c(F)cccc1[N+](=O)[O-]. The van der Waals surface area contributed by atoms with Gasteiger partial charge in [0.25, 0.3) is 5.69 Å². The maximum atomic E-state index is 14.1. The summed E-state index contributed by atoms with van der Waals surface area (Å²) in [5, 5.41) is 14.5. The normalized spacial score (nSPS) is 19.0. The van der Waals surface area contributed by atoms with Gasteiger partial charge in [-0.3, -0.25) is 15.0 Å². The molecule has 1 aromatic carbocycles. The molecule has 1 fully saturated rings. The topological polar surface area (TPSA) is 76.2 Å². The third-order valence-electron chi connectivity index (χ3n) is 4.16. The number of rotatable bonds is 4. The van der Waals surface area contributed by atoms with E-state index in [-0.39, 0.29) is 23.8 Å². The van der Waals surface area contributed by atoms with Gasteiger partial charge >= 0.3 is 0 Å². The quantitative estimate of drug-likeness (QED) is 0.684. The monoisotopic (exact) mass is 319 g/mol. The standard InChI is InChI=1S/C15H18FN5O2/c1-19-7-6-18-15(19)14-9-17-5-8-20(14)10-11-12(16)3-2-4-13(11)21(22)23/h2-4,6-7,14,17H,5,8-10H2,1H3. The molecule has 3 rings (SSSR count). The molecule has 0 aliphatic carbocycles. The Morgan fingerprint density at radius 1 is 1.52 bits per heavy atom. The van der Waals surface area contributed by atoms with E-state index in [0.29, 0.717) is 13.1 Å². The van der Waals surface area contributed by atoms with Crippen LogP contribution in [0.5, 0.6) is 0 Å².